The van der Waals surface area contributed by atoms with Gasteiger partial charge in [0.15, 0.2) is 0 Å². The van der Waals surface area contributed by atoms with E-state index >= 15 is 0 Å². The van der Waals surface area contributed by atoms with Crippen molar-refractivity contribution < 1.29 is 9.72 Å². The van der Waals surface area contributed by atoms with Gasteiger partial charge < -0.3 is 15.5 Å². The number of rotatable bonds is 3. The molecule has 1 saturated carbocycles. The SMILES string of the molecule is Cl.NC1(C(=O)N2CCN(c3ccccc3[N+](=O)[O-])CC2)CCC1. The number of nitrogens with zero attached hydrogens (tertiary/aromatic N) is 3. The third-order valence-corrected chi connectivity index (χ3v) is 4.66. The molecule has 23 heavy (non-hydrogen) atoms. The Labute approximate surface area is 141 Å². The van der Waals surface area contributed by atoms with E-state index in [1.165, 1.54) is 6.07 Å². The predicted octanol–water partition coefficient (Wildman–Crippen LogP) is 1.55. The Hall–Kier alpha value is -1.86. The summed E-state index contributed by atoms with van der Waals surface area (Å²) in [6.45, 7) is 2.30. The number of nitro benzene ring substituents is 1. The summed E-state index contributed by atoms with van der Waals surface area (Å²) < 4.78 is 0. The van der Waals surface area contributed by atoms with Crippen LogP contribution in [-0.2, 0) is 4.79 Å². The van der Waals surface area contributed by atoms with Crippen LogP contribution in [0, 0.1) is 10.1 Å². The number of nitro groups is 1. The monoisotopic (exact) mass is 340 g/mol. The minimum absolute atomic E-state index is 0. The summed E-state index contributed by atoms with van der Waals surface area (Å²) in [6.07, 6.45) is 2.53. The number of halogens is 1. The van der Waals surface area contributed by atoms with Gasteiger partial charge in [-0.15, -0.1) is 12.4 Å². The minimum atomic E-state index is -0.666. The van der Waals surface area contributed by atoms with Gasteiger partial charge in [-0.05, 0) is 25.3 Å². The van der Waals surface area contributed by atoms with Crippen molar-refractivity contribution in [2.75, 3.05) is 31.1 Å². The molecule has 2 aliphatic rings. The number of hydrogen-bond acceptors (Lipinski definition) is 5. The second-order valence-electron chi connectivity index (χ2n) is 6.03. The van der Waals surface area contributed by atoms with Gasteiger partial charge in [0.2, 0.25) is 5.91 Å². The first kappa shape index (κ1) is 17.5. The van der Waals surface area contributed by atoms with Crippen LogP contribution < -0.4 is 10.6 Å². The van der Waals surface area contributed by atoms with Gasteiger partial charge in [-0.3, -0.25) is 14.9 Å². The second-order valence-corrected chi connectivity index (χ2v) is 6.03. The van der Waals surface area contributed by atoms with Crippen molar-refractivity contribution in [3.63, 3.8) is 0 Å². The Morgan fingerprint density at radius 2 is 1.78 bits per heavy atom. The molecule has 1 aromatic rings. The van der Waals surface area contributed by atoms with Crippen LogP contribution in [0.3, 0.4) is 0 Å². The van der Waals surface area contributed by atoms with E-state index in [0.29, 0.717) is 31.9 Å². The van der Waals surface area contributed by atoms with Crippen molar-refractivity contribution in [3.05, 3.63) is 34.4 Å². The number of para-hydroxylation sites is 2. The maximum Gasteiger partial charge on any atom is 0.292 e. The number of carbonyl (C=O) groups excluding carboxylic acids is 1. The predicted molar refractivity (Wildman–Crippen MR) is 89.9 cm³/mol. The van der Waals surface area contributed by atoms with E-state index in [-0.39, 0.29) is 28.9 Å². The molecule has 0 spiro atoms. The largest absolute Gasteiger partial charge is 0.362 e. The Bertz CT molecular complexity index is 598. The van der Waals surface area contributed by atoms with Gasteiger partial charge in [0, 0.05) is 32.2 Å². The van der Waals surface area contributed by atoms with Gasteiger partial charge in [-0.2, -0.15) is 0 Å². The van der Waals surface area contributed by atoms with Crippen LogP contribution in [0.1, 0.15) is 19.3 Å². The van der Waals surface area contributed by atoms with Crippen LogP contribution in [0.2, 0.25) is 0 Å². The number of benzene rings is 1. The third kappa shape index (κ3) is 3.25. The molecule has 1 aliphatic carbocycles. The average Bonchev–Trinajstić information content (AvgIpc) is 2.52. The number of amides is 1. The number of nitrogens with two attached hydrogens (primary N) is 1. The molecule has 1 saturated heterocycles. The fourth-order valence-corrected chi connectivity index (χ4v) is 3.12. The van der Waals surface area contributed by atoms with E-state index in [0.717, 1.165) is 19.3 Å². The maximum atomic E-state index is 12.4. The van der Waals surface area contributed by atoms with Crippen molar-refractivity contribution in [3.8, 4) is 0 Å². The van der Waals surface area contributed by atoms with Crippen LogP contribution in [-0.4, -0.2) is 47.4 Å². The summed E-state index contributed by atoms with van der Waals surface area (Å²) >= 11 is 0. The van der Waals surface area contributed by atoms with Gasteiger partial charge in [0.05, 0.1) is 10.5 Å². The molecule has 7 nitrogen and oxygen atoms in total. The number of carbonyl (C=O) groups is 1. The van der Waals surface area contributed by atoms with Gasteiger partial charge in [0.1, 0.15) is 5.69 Å². The standard InChI is InChI=1S/C15H20N4O3.ClH/c16-15(6-3-7-15)14(20)18-10-8-17(9-11-18)12-4-1-2-5-13(12)19(21)22;/h1-2,4-5H,3,6-11,16H2;1H. The Kier molecular flexibility index (Phi) is 5.11. The van der Waals surface area contributed by atoms with Crippen molar-refractivity contribution in [2.24, 2.45) is 5.73 Å². The Morgan fingerprint density at radius 3 is 2.30 bits per heavy atom. The quantitative estimate of drug-likeness (QED) is 0.665. The van der Waals surface area contributed by atoms with Crippen LogP contribution in [0.15, 0.2) is 24.3 Å². The van der Waals surface area contributed by atoms with Gasteiger partial charge in [-0.25, -0.2) is 0 Å². The lowest BCUT2D eigenvalue weighted by molar-refractivity contribution is -0.384. The molecule has 8 heteroatoms. The lowest BCUT2D eigenvalue weighted by Gasteiger charge is -2.43. The zero-order valence-electron chi connectivity index (χ0n) is 12.8. The third-order valence-electron chi connectivity index (χ3n) is 4.66. The molecule has 0 unspecified atom stereocenters. The lowest BCUT2D eigenvalue weighted by Crippen LogP contribution is -2.62. The molecule has 2 fully saturated rings. The number of hydrogen-bond donors (Lipinski definition) is 1. The smallest absolute Gasteiger partial charge is 0.292 e. The molecule has 1 amide bonds. The average molecular weight is 341 g/mol. The molecule has 0 aromatic heterocycles. The van der Waals surface area contributed by atoms with Crippen LogP contribution in [0.4, 0.5) is 11.4 Å². The minimum Gasteiger partial charge on any atom is -0.362 e. The molecule has 0 bridgehead atoms. The molecule has 3 rings (SSSR count). The topological polar surface area (TPSA) is 92.7 Å². The highest BCUT2D eigenvalue weighted by molar-refractivity contribution is 5.87. The molecule has 0 radical (unpaired) electrons. The fourth-order valence-electron chi connectivity index (χ4n) is 3.12. The van der Waals surface area contributed by atoms with E-state index in [1.807, 2.05) is 4.90 Å². The summed E-state index contributed by atoms with van der Waals surface area (Å²) in [6, 6.07) is 6.72. The van der Waals surface area contributed by atoms with Crippen LogP contribution in [0.25, 0.3) is 0 Å². The zero-order valence-corrected chi connectivity index (χ0v) is 13.6. The molecule has 1 aromatic carbocycles. The first-order valence-electron chi connectivity index (χ1n) is 7.58. The Morgan fingerprint density at radius 1 is 1.17 bits per heavy atom. The molecule has 2 N–H and O–H groups in total. The molecule has 126 valence electrons. The lowest BCUT2D eigenvalue weighted by atomic mass is 9.76. The summed E-state index contributed by atoms with van der Waals surface area (Å²) in [5.74, 6) is 0.0287. The van der Waals surface area contributed by atoms with Crippen LogP contribution in [0.5, 0.6) is 0 Å². The highest BCUT2D eigenvalue weighted by Crippen LogP contribution is 2.32. The van der Waals surface area contributed by atoms with E-state index in [1.54, 1.807) is 23.1 Å². The molecule has 1 aliphatic heterocycles. The molecule has 1 heterocycles. The second kappa shape index (κ2) is 6.72. The van der Waals surface area contributed by atoms with E-state index in [2.05, 4.69) is 0 Å². The summed E-state index contributed by atoms with van der Waals surface area (Å²) in [7, 11) is 0. The zero-order chi connectivity index (χ0) is 15.7. The maximum absolute atomic E-state index is 12.4. The number of piperazine rings is 1. The van der Waals surface area contributed by atoms with Crippen molar-refractivity contribution >= 4 is 29.7 Å². The summed E-state index contributed by atoms with van der Waals surface area (Å²) in [4.78, 5) is 26.9. The molecule has 0 atom stereocenters. The van der Waals surface area contributed by atoms with Crippen LogP contribution >= 0.6 is 12.4 Å². The van der Waals surface area contributed by atoms with Gasteiger partial charge >= 0.3 is 0 Å². The molecular formula is C15H21ClN4O3. The van der Waals surface area contributed by atoms with E-state index in [9.17, 15) is 14.9 Å². The van der Waals surface area contributed by atoms with Gasteiger partial charge in [-0.1, -0.05) is 12.1 Å². The normalized spacial score (nSPS) is 19.5. The highest BCUT2D eigenvalue weighted by atomic mass is 35.5. The highest BCUT2D eigenvalue weighted by Gasteiger charge is 2.43. The first-order valence-corrected chi connectivity index (χ1v) is 7.58. The summed E-state index contributed by atoms with van der Waals surface area (Å²) in [5.41, 5.74) is 6.15. The fraction of sp³-hybridized carbons (Fsp3) is 0.533. The van der Waals surface area contributed by atoms with E-state index < -0.39 is 5.54 Å². The van der Waals surface area contributed by atoms with Crippen molar-refractivity contribution in [2.45, 2.75) is 24.8 Å². The van der Waals surface area contributed by atoms with Gasteiger partial charge in [0.25, 0.3) is 5.69 Å². The summed E-state index contributed by atoms with van der Waals surface area (Å²) in [5, 5.41) is 11.1. The van der Waals surface area contributed by atoms with Crippen molar-refractivity contribution in [1.82, 2.24) is 4.90 Å². The van der Waals surface area contributed by atoms with Crippen molar-refractivity contribution in [1.29, 1.82) is 0 Å². The first-order chi connectivity index (χ1) is 10.5. The van der Waals surface area contributed by atoms with E-state index in [4.69, 9.17) is 5.73 Å². The molecular weight excluding hydrogens is 320 g/mol. The number of anilines is 1. The Balaban J connectivity index is 0.00000192.